The Balaban J connectivity index is 0.000000461. The van der Waals surface area contributed by atoms with Gasteiger partial charge < -0.3 is 15.5 Å². The first-order valence-corrected chi connectivity index (χ1v) is 9.77. The van der Waals surface area contributed by atoms with Gasteiger partial charge in [-0.1, -0.05) is 70.4 Å². The summed E-state index contributed by atoms with van der Waals surface area (Å²) in [5.74, 6) is 0. The Morgan fingerprint density at radius 2 is 1.59 bits per heavy atom. The van der Waals surface area contributed by atoms with Gasteiger partial charge in [-0.25, -0.2) is 0 Å². The van der Waals surface area contributed by atoms with Crippen molar-refractivity contribution in [3.63, 3.8) is 0 Å². The summed E-state index contributed by atoms with van der Waals surface area (Å²) >= 11 is 0. The van der Waals surface area contributed by atoms with Crippen LogP contribution in [0.15, 0.2) is 30.3 Å². The lowest BCUT2D eigenvalue weighted by molar-refractivity contribution is 0.300. The monoisotopic (exact) mass is 329 g/mol. The van der Waals surface area contributed by atoms with Gasteiger partial charge in [-0.05, 0) is 24.8 Å². The molecule has 1 aromatic rings. The van der Waals surface area contributed by atoms with Gasteiger partial charge in [0.2, 0.25) is 0 Å². The van der Waals surface area contributed by atoms with Crippen LogP contribution in [0.2, 0.25) is 0 Å². The molecule has 0 aliphatic heterocycles. The summed E-state index contributed by atoms with van der Waals surface area (Å²) in [6.07, 6.45) is 4.85. The largest absolute Gasteiger partial charge is 0.331 e. The lowest BCUT2D eigenvalue weighted by Gasteiger charge is -2.32. The van der Waals surface area contributed by atoms with E-state index in [2.05, 4.69) is 6.92 Å². The highest BCUT2D eigenvalue weighted by atomic mass is 31.2. The van der Waals surface area contributed by atoms with Gasteiger partial charge in [-0.2, -0.15) is 0 Å². The summed E-state index contributed by atoms with van der Waals surface area (Å²) in [5, 5.41) is -0.762. The van der Waals surface area contributed by atoms with Gasteiger partial charge in [-0.3, -0.25) is 4.57 Å². The number of hydrogen-bond acceptors (Lipinski definition) is 2. The van der Waals surface area contributed by atoms with E-state index in [1.54, 1.807) is 0 Å². The zero-order chi connectivity index (χ0) is 17.1. The van der Waals surface area contributed by atoms with Gasteiger partial charge in [-0.15, -0.1) is 0 Å². The lowest BCUT2D eigenvalue weighted by atomic mass is 9.95. The summed E-state index contributed by atoms with van der Waals surface area (Å²) in [7, 11) is -3.95. The molecular weight excluding hydrogens is 297 g/mol. The minimum Gasteiger partial charge on any atom is -0.326 e. The highest BCUT2D eigenvalue weighted by Gasteiger charge is 2.42. The van der Waals surface area contributed by atoms with Crippen LogP contribution in [0.5, 0.6) is 0 Å². The van der Waals surface area contributed by atoms with Crippen LogP contribution in [-0.4, -0.2) is 14.9 Å². The van der Waals surface area contributed by atoms with E-state index in [0.29, 0.717) is 25.8 Å². The van der Waals surface area contributed by atoms with Gasteiger partial charge >= 0.3 is 7.60 Å². The molecule has 0 saturated carbocycles. The fraction of sp³-hybridized carbons (Fsp3) is 0.647. The van der Waals surface area contributed by atoms with Crippen molar-refractivity contribution in [2.45, 2.75) is 71.0 Å². The molecule has 1 rings (SSSR count). The van der Waals surface area contributed by atoms with Crippen molar-refractivity contribution in [3.8, 4) is 0 Å². The average molecular weight is 329 g/mol. The van der Waals surface area contributed by atoms with E-state index >= 15 is 0 Å². The van der Waals surface area contributed by atoms with Gasteiger partial charge in [0.15, 0.2) is 0 Å². The molecule has 4 nitrogen and oxygen atoms in total. The molecule has 0 heterocycles. The fourth-order valence-corrected chi connectivity index (χ4v) is 3.75. The molecular formula is C17H32NO3P. The Morgan fingerprint density at radius 3 is 1.91 bits per heavy atom. The van der Waals surface area contributed by atoms with E-state index in [1.807, 2.05) is 44.2 Å². The van der Waals surface area contributed by atoms with E-state index < -0.39 is 12.8 Å². The average Bonchev–Trinajstić information content (AvgIpc) is 2.52. The number of benzene rings is 1. The Morgan fingerprint density at radius 1 is 1.05 bits per heavy atom. The Kier molecular flexibility index (Phi) is 10.6. The maximum Gasteiger partial charge on any atom is 0.331 e. The molecule has 0 aromatic heterocycles. The molecule has 0 spiro atoms. The highest BCUT2D eigenvalue weighted by molar-refractivity contribution is 7.53. The van der Waals surface area contributed by atoms with Gasteiger partial charge in [0, 0.05) is 6.54 Å². The van der Waals surface area contributed by atoms with E-state index in [4.69, 9.17) is 5.73 Å². The van der Waals surface area contributed by atoms with Gasteiger partial charge in [0.1, 0.15) is 0 Å². The van der Waals surface area contributed by atoms with Crippen LogP contribution in [0.25, 0.3) is 0 Å². The summed E-state index contributed by atoms with van der Waals surface area (Å²) in [6.45, 7) is 6.47. The summed E-state index contributed by atoms with van der Waals surface area (Å²) in [4.78, 5) is 18.7. The maximum atomic E-state index is 11.4. The Bertz CT molecular complexity index is 427. The minimum absolute atomic E-state index is 0.567. The number of rotatable bonds is 8. The molecule has 128 valence electrons. The molecule has 1 aromatic carbocycles. The third-order valence-corrected chi connectivity index (χ3v) is 6.35. The second-order valence-electron chi connectivity index (χ2n) is 5.62. The summed E-state index contributed by atoms with van der Waals surface area (Å²) in [5.41, 5.74) is 6.54. The first-order valence-electron chi connectivity index (χ1n) is 8.16. The standard InChI is InChI=1S/C10H23O3P.C7H9N/c1-4-7-8-9-10(5-2,6-3)14(11,12)13;8-6-7-4-2-1-3-5-7/h4-9H2,1-3H3,(H2,11,12,13);1-5H,6,8H2. The third-order valence-electron chi connectivity index (χ3n) is 4.26. The molecule has 0 fully saturated rings. The molecule has 0 amide bonds. The Labute approximate surface area is 135 Å². The van der Waals surface area contributed by atoms with E-state index in [9.17, 15) is 14.4 Å². The van der Waals surface area contributed by atoms with Crippen LogP contribution in [0.3, 0.4) is 0 Å². The summed E-state index contributed by atoms with van der Waals surface area (Å²) < 4.78 is 11.4. The van der Waals surface area contributed by atoms with Crippen LogP contribution in [-0.2, 0) is 11.1 Å². The summed E-state index contributed by atoms with van der Waals surface area (Å²) in [6, 6.07) is 9.99. The molecule has 0 radical (unpaired) electrons. The van der Waals surface area contributed by atoms with Crippen LogP contribution in [0, 0.1) is 0 Å². The van der Waals surface area contributed by atoms with E-state index in [-0.39, 0.29) is 0 Å². The first-order chi connectivity index (χ1) is 10.4. The van der Waals surface area contributed by atoms with Crippen molar-refractivity contribution in [2.75, 3.05) is 0 Å². The second kappa shape index (κ2) is 11.0. The topological polar surface area (TPSA) is 83.5 Å². The van der Waals surface area contributed by atoms with Crippen molar-refractivity contribution in [3.05, 3.63) is 35.9 Å². The molecule has 0 atom stereocenters. The Hall–Kier alpha value is -0.670. The number of nitrogens with two attached hydrogens (primary N) is 1. The molecule has 5 heteroatoms. The number of unbranched alkanes of at least 4 members (excludes halogenated alkanes) is 2. The van der Waals surface area contributed by atoms with Gasteiger partial charge in [0.05, 0.1) is 5.16 Å². The van der Waals surface area contributed by atoms with Crippen molar-refractivity contribution >= 4 is 7.60 Å². The molecule has 0 saturated heterocycles. The zero-order valence-electron chi connectivity index (χ0n) is 14.2. The molecule has 22 heavy (non-hydrogen) atoms. The van der Waals surface area contributed by atoms with E-state index in [1.165, 1.54) is 5.56 Å². The molecule has 0 aliphatic rings. The quantitative estimate of drug-likeness (QED) is 0.486. The zero-order valence-corrected chi connectivity index (χ0v) is 15.1. The van der Waals surface area contributed by atoms with Crippen molar-refractivity contribution in [2.24, 2.45) is 5.73 Å². The van der Waals surface area contributed by atoms with Crippen molar-refractivity contribution in [1.29, 1.82) is 0 Å². The molecule has 0 bridgehead atoms. The van der Waals surface area contributed by atoms with Gasteiger partial charge in [0.25, 0.3) is 0 Å². The smallest absolute Gasteiger partial charge is 0.326 e. The molecule has 0 aliphatic carbocycles. The van der Waals surface area contributed by atoms with Crippen LogP contribution >= 0.6 is 7.60 Å². The predicted octanol–water partition coefficient (Wildman–Crippen LogP) is 4.45. The third kappa shape index (κ3) is 7.06. The van der Waals surface area contributed by atoms with Crippen LogP contribution < -0.4 is 5.73 Å². The molecule has 0 unspecified atom stereocenters. The van der Waals surface area contributed by atoms with Crippen LogP contribution in [0.4, 0.5) is 0 Å². The fourth-order valence-electron chi connectivity index (χ4n) is 2.48. The second-order valence-corrected chi connectivity index (χ2v) is 7.66. The molecule has 4 N–H and O–H groups in total. The number of hydrogen-bond donors (Lipinski definition) is 3. The van der Waals surface area contributed by atoms with Crippen LogP contribution in [0.1, 0.15) is 64.9 Å². The normalized spacial score (nSPS) is 11.7. The predicted molar refractivity (Wildman–Crippen MR) is 93.8 cm³/mol. The minimum atomic E-state index is -3.95. The lowest BCUT2D eigenvalue weighted by Crippen LogP contribution is -2.27. The highest BCUT2D eigenvalue weighted by Crippen LogP contribution is 2.57. The maximum absolute atomic E-state index is 11.4. The first kappa shape index (κ1) is 21.3. The van der Waals surface area contributed by atoms with Crippen molar-refractivity contribution in [1.82, 2.24) is 0 Å². The van der Waals surface area contributed by atoms with E-state index in [0.717, 1.165) is 19.3 Å². The SMILES string of the molecule is CCCCCC(CC)(CC)P(=O)(O)O.NCc1ccccc1. The van der Waals surface area contributed by atoms with Crippen molar-refractivity contribution < 1.29 is 14.4 Å².